The molecule has 2 aliphatic rings. The molecule has 0 spiro atoms. The van der Waals surface area contributed by atoms with Crippen molar-refractivity contribution >= 4 is 21.9 Å². The van der Waals surface area contributed by atoms with E-state index in [2.05, 4.69) is 27.4 Å². The number of aliphatic carboxylic acids is 1. The third kappa shape index (κ3) is 2.33. The highest BCUT2D eigenvalue weighted by atomic mass is 79.9. The Balaban J connectivity index is 2.14. The molecule has 2 fully saturated rings. The molecule has 0 aromatic rings. The Morgan fingerprint density at radius 1 is 1.44 bits per heavy atom. The smallest absolute Gasteiger partial charge is 0.320 e. The number of carboxylic acid groups (broad SMARTS) is 1. The molecule has 3 atom stereocenters. The second kappa shape index (κ2) is 4.88. The number of halogens is 1. The molecule has 1 saturated carbocycles. The number of nitrogens with zero attached hydrogens (tertiary/aromatic N) is 1. The van der Waals surface area contributed by atoms with Gasteiger partial charge in [0.05, 0.1) is 0 Å². The Morgan fingerprint density at radius 3 is 2.75 bits per heavy atom. The number of likely N-dealkylation sites (tertiary alicyclic amines) is 1. The molecule has 0 bridgehead atoms. The van der Waals surface area contributed by atoms with Gasteiger partial charge in [0.15, 0.2) is 0 Å². The highest BCUT2D eigenvalue weighted by Gasteiger charge is 2.44. The van der Waals surface area contributed by atoms with Crippen LogP contribution >= 0.6 is 15.9 Å². The molecule has 3 nitrogen and oxygen atoms in total. The van der Waals surface area contributed by atoms with Gasteiger partial charge in [-0.15, -0.1) is 0 Å². The van der Waals surface area contributed by atoms with E-state index in [0.717, 1.165) is 17.3 Å². The summed E-state index contributed by atoms with van der Waals surface area (Å²) in [6.07, 6.45) is 5.66. The van der Waals surface area contributed by atoms with Crippen molar-refractivity contribution in [2.45, 2.75) is 44.2 Å². The summed E-state index contributed by atoms with van der Waals surface area (Å²) in [6, 6.07) is 0.159. The van der Waals surface area contributed by atoms with Crippen molar-refractivity contribution in [1.82, 2.24) is 4.90 Å². The van der Waals surface area contributed by atoms with Gasteiger partial charge in [0.2, 0.25) is 0 Å². The van der Waals surface area contributed by atoms with E-state index in [-0.39, 0.29) is 6.04 Å². The Labute approximate surface area is 105 Å². The molecule has 0 amide bonds. The first kappa shape index (κ1) is 12.1. The van der Waals surface area contributed by atoms with Crippen molar-refractivity contribution in [2.24, 2.45) is 5.92 Å². The fourth-order valence-corrected chi connectivity index (χ4v) is 3.51. The van der Waals surface area contributed by atoms with E-state index in [1.54, 1.807) is 0 Å². The van der Waals surface area contributed by atoms with Crippen molar-refractivity contribution in [3.63, 3.8) is 0 Å². The molecular weight excluding hydrogens is 270 g/mol. The van der Waals surface area contributed by atoms with E-state index >= 15 is 0 Å². The molecule has 0 aromatic carbocycles. The Morgan fingerprint density at radius 2 is 2.12 bits per heavy atom. The zero-order valence-electron chi connectivity index (χ0n) is 9.36. The first-order valence-corrected chi connectivity index (χ1v) is 6.70. The van der Waals surface area contributed by atoms with Crippen LogP contribution in [0.25, 0.3) is 0 Å². The molecule has 2 rings (SSSR count). The maximum absolute atomic E-state index is 11.3. The van der Waals surface area contributed by atoms with E-state index in [1.165, 1.54) is 19.3 Å². The van der Waals surface area contributed by atoms with Gasteiger partial charge in [-0.05, 0) is 25.2 Å². The van der Waals surface area contributed by atoms with Crippen LogP contribution in [0.3, 0.4) is 0 Å². The van der Waals surface area contributed by atoms with Crippen LogP contribution in [0.1, 0.15) is 32.1 Å². The van der Waals surface area contributed by atoms with Gasteiger partial charge in [0.25, 0.3) is 0 Å². The van der Waals surface area contributed by atoms with Crippen LogP contribution < -0.4 is 0 Å². The van der Waals surface area contributed by atoms with E-state index in [1.807, 2.05) is 0 Å². The summed E-state index contributed by atoms with van der Waals surface area (Å²) >= 11 is 3.35. The van der Waals surface area contributed by atoms with Crippen LogP contribution in [0.4, 0.5) is 0 Å². The van der Waals surface area contributed by atoms with Gasteiger partial charge < -0.3 is 5.11 Å². The fourth-order valence-electron chi connectivity index (χ4n) is 3.22. The Hall–Kier alpha value is -0.350. The first-order valence-electron chi connectivity index (χ1n) is 5.91. The number of carbonyl (C=O) groups is 1. The van der Waals surface area contributed by atoms with Crippen LogP contribution in [0.5, 0.6) is 0 Å². The zero-order valence-corrected chi connectivity index (χ0v) is 10.9. The van der Waals surface area contributed by atoms with Crippen molar-refractivity contribution in [3.8, 4) is 0 Å². The quantitative estimate of drug-likeness (QED) is 0.868. The molecule has 16 heavy (non-hydrogen) atoms. The molecule has 4 heteroatoms. The third-order valence-corrected chi connectivity index (χ3v) is 4.11. The summed E-state index contributed by atoms with van der Waals surface area (Å²) in [7, 11) is 0. The largest absolute Gasteiger partial charge is 0.480 e. The van der Waals surface area contributed by atoms with E-state index in [9.17, 15) is 9.90 Å². The summed E-state index contributed by atoms with van der Waals surface area (Å²) in [5.41, 5.74) is 0. The normalized spacial score (nSPS) is 34.7. The predicted molar refractivity (Wildman–Crippen MR) is 66.6 cm³/mol. The average molecular weight is 288 g/mol. The van der Waals surface area contributed by atoms with Crippen LogP contribution in [0, 0.1) is 5.92 Å². The van der Waals surface area contributed by atoms with Crippen LogP contribution in [-0.2, 0) is 4.79 Å². The van der Waals surface area contributed by atoms with Crippen molar-refractivity contribution in [2.75, 3.05) is 6.54 Å². The topological polar surface area (TPSA) is 40.5 Å². The van der Waals surface area contributed by atoms with E-state index in [0.29, 0.717) is 18.5 Å². The van der Waals surface area contributed by atoms with Crippen LogP contribution in [0.15, 0.2) is 11.1 Å². The van der Waals surface area contributed by atoms with E-state index < -0.39 is 5.97 Å². The molecule has 3 unspecified atom stereocenters. The summed E-state index contributed by atoms with van der Waals surface area (Å²) in [5, 5.41) is 9.26. The molecule has 1 aliphatic heterocycles. The van der Waals surface area contributed by atoms with Gasteiger partial charge in [-0.1, -0.05) is 35.4 Å². The lowest BCUT2D eigenvalue weighted by Crippen LogP contribution is -2.42. The average Bonchev–Trinajstić information content (AvgIpc) is 2.57. The molecule has 1 heterocycles. The minimum atomic E-state index is -0.678. The lowest BCUT2D eigenvalue weighted by atomic mass is 9.85. The second-order valence-corrected chi connectivity index (χ2v) is 6.01. The Kier molecular flexibility index (Phi) is 3.70. The fraction of sp³-hybridized carbons (Fsp3) is 0.750. The van der Waals surface area contributed by atoms with Gasteiger partial charge in [0, 0.05) is 17.1 Å². The predicted octanol–water partition coefficient (Wildman–Crippen LogP) is 2.61. The zero-order chi connectivity index (χ0) is 11.7. The van der Waals surface area contributed by atoms with Crippen molar-refractivity contribution < 1.29 is 9.90 Å². The van der Waals surface area contributed by atoms with Crippen molar-refractivity contribution in [3.05, 3.63) is 11.1 Å². The number of hydrogen-bond donors (Lipinski definition) is 1. The summed E-state index contributed by atoms with van der Waals surface area (Å²) in [5.74, 6) is -0.0927. The first-order chi connectivity index (χ1) is 7.59. The minimum absolute atomic E-state index is 0.303. The van der Waals surface area contributed by atoms with Gasteiger partial charge in [0.1, 0.15) is 6.04 Å². The highest BCUT2D eigenvalue weighted by Crippen LogP contribution is 2.40. The van der Waals surface area contributed by atoms with Crippen LogP contribution in [-0.4, -0.2) is 34.6 Å². The third-order valence-electron chi connectivity index (χ3n) is 3.86. The number of carboxylic acids is 1. The summed E-state index contributed by atoms with van der Waals surface area (Å²) in [4.78, 5) is 13.4. The van der Waals surface area contributed by atoms with Gasteiger partial charge in [-0.25, -0.2) is 0 Å². The maximum atomic E-state index is 11.3. The number of hydrogen-bond acceptors (Lipinski definition) is 2. The standard InChI is InChI=1S/C12H18BrNO2/c1-8(13)7-14-10-5-3-2-4-9(10)6-11(14)12(15)16/h9-11H,1-7H2,(H,15,16). The van der Waals surface area contributed by atoms with Gasteiger partial charge >= 0.3 is 5.97 Å². The number of fused-ring (bicyclic) bond motifs is 1. The molecule has 1 saturated heterocycles. The SMILES string of the molecule is C=C(Br)CN1C(C(=O)O)CC2CCCCC21. The summed E-state index contributed by atoms with van der Waals surface area (Å²) in [6.45, 7) is 4.50. The second-order valence-electron chi connectivity index (χ2n) is 4.89. The van der Waals surface area contributed by atoms with Crippen LogP contribution in [0.2, 0.25) is 0 Å². The van der Waals surface area contributed by atoms with E-state index in [4.69, 9.17) is 0 Å². The molecule has 1 N–H and O–H groups in total. The molecule has 0 aromatic heterocycles. The molecule has 0 radical (unpaired) electrons. The van der Waals surface area contributed by atoms with Gasteiger partial charge in [-0.2, -0.15) is 0 Å². The lowest BCUT2D eigenvalue weighted by Gasteiger charge is -2.32. The molecular formula is C12H18BrNO2. The molecule has 90 valence electrons. The maximum Gasteiger partial charge on any atom is 0.320 e. The summed E-state index contributed by atoms with van der Waals surface area (Å²) < 4.78 is 0.880. The van der Waals surface area contributed by atoms with Crippen molar-refractivity contribution in [1.29, 1.82) is 0 Å². The molecule has 1 aliphatic carbocycles. The lowest BCUT2D eigenvalue weighted by molar-refractivity contribution is -0.142. The van der Waals surface area contributed by atoms with Gasteiger partial charge in [-0.3, -0.25) is 9.69 Å². The number of rotatable bonds is 3. The monoisotopic (exact) mass is 287 g/mol. The highest BCUT2D eigenvalue weighted by molar-refractivity contribution is 9.11. The minimum Gasteiger partial charge on any atom is -0.480 e. The Bertz CT molecular complexity index is 305.